The van der Waals surface area contributed by atoms with E-state index in [2.05, 4.69) is 25.6 Å². The molecule has 2 aromatic heterocycles. The maximum absolute atomic E-state index is 13.1. The second kappa shape index (κ2) is 8.44. The Kier molecular flexibility index (Phi) is 5.97. The number of alkyl halides is 3. The Morgan fingerprint density at radius 3 is 2.52 bits per heavy atom. The minimum Gasteiger partial charge on any atom is -0.394 e. The van der Waals surface area contributed by atoms with Crippen molar-refractivity contribution in [1.82, 2.24) is 15.0 Å². The quantitative estimate of drug-likeness (QED) is 0.566. The number of hydrogen-bond acceptors (Lipinski definition) is 6. The summed E-state index contributed by atoms with van der Waals surface area (Å²) in [7, 11) is 0. The van der Waals surface area contributed by atoms with Crippen molar-refractivity contribution in [3.63, 3.8) is 0 Å². The van der Waals surface area contributed by atoms with E-state index >= 15 is 0 Å². The van der Waals surface area contributed by atoms with Crippen molar-refractivity contribution in [2.75, 3.05) is 17.2 Å². The van der Waals surface area contributed by atoms with Crippen molar-refractivity contribution in [3.05, 3.63) is 59.8 Å². The predicted molar refractivity (Wildman–Crippen MR) is 105 cm³/mol. The molecule has 3 rings (SSSR count). The summed E-state index contributed by atoms with van der Waals surface area (Å²) in [6, 6.07) is 10.1. The van der Waals surface area contributed by atoms with Crippen LogP contribution >= 0.6 is 0 Å². The molecule has 152 valence electrons. The van der Waals surface area contributed by atoms with Gasteiger partial charge in [0.05, 0.1) is 23.6 Å². The highest BCUT2D eigenvalue weighted by atomic mass is 19.4. The molecule has 0 saturated carbocycles. The Morgan fingerprint density at radius 1 is 1.07 bits per heavy atom. The zero-order valence-electron chi connectivity index (χ0n) is 15.8. The van der Waals surface area contributed by atoms with Gasteiger partial charge in [0.1, 0.15) is 5.82 Å². The lowest BCUT2D eigenvalue weighted by molar-refractivity contribution is -0.137. The summed E-state index contributed by atoms with van der Waals surface area (Å²) in [6.07, 6.45) is -2.83. The van der Waals surface area contributed by atoms with Crippen LogP contribution in [0.1, 0.15) is 18.1 Å². The van der Waals surface area contributed by atoms with Crippen LogP contribution in [0.4, 0.5) is 30.6 Å². The summed E-state index contributed by atoms with van der Waals surface area (Å²) in [5.74, 6) is 0.526. The van der Waals surface area contributed by atoms with E-state index in [1.165, 1.54) is 6.07 Å². The zero-order chi connectivity index (χ0) is 21.0. The number of aliphatic hydroxyl groups is 1. The minimum atomic E-state index is -4.45. The van der Waals surface area contributed by atoms with Crippen molar-refractivity contribution in [2.45, 2.75) is 26.1 Å². The number of pyridine rings is 1. The summed E-state index contributed by atoms with van der Waals surface area (Å²) in [6.45, 7) is 3.32. The molecule has 9 heteroatoms. The average Bonchev–Trinajstić information content (AvgIpc) is 2.69. The molecule has 0 radical (unpaired) electrons. The van der Waals surface area contributed by atoms with E-state index in [4.69, 9.17) is 0 Å². The third kappa shape index (κ3) is 5.20. The van der Waals surface area contributed by atoms with E-state index in [1.54, 1.807) is 44.3 Å². The number of aromatic nitrogens is 3. The van der Waals surface area contributed by atoms with Crippen molar-refractivity contribution in [1.29, 1.82) is 0 Å². The highest BCUT2D eigenvalue weighted by molar-refractivity contribution is 5.67. The van der Waals surface area contributed by atoms with Gasteiger partial charge in [-0.2, -0.15) is 18.2 Å². The molecule has 0 unspecified atom stereocenters. The molecule has 3 aromatic rings. The first-order chi connectivity index (χ1) is 13.8. The van der Waals surface area contributed by atoms with Gasteiger partial charge >= 0.3 is 6.18 Å². The molecule has 3 N–H and O–H groups in total. The molecule has 0 aliphatic heterocycles. The summed E-state index contributed by atoms with van der Waals surface area (Å²) in [5.41, 5.74) is 1.23. The van der Waals surface area contributed by atoms with Gasteiger partial charge in [-0.1, -0.05) is 12.1 Å². The van der Waals surface area contributed by atoms with E-state index in [1.807, 2.05) is 0 Å². The maximum Gasteiger partial charge on any atom is 0.416 e. The number of anilines is 3. The summed E-state index contributed by atoms with van der Waals surface area (Å²) < 4.78 is 39.2. The molecule has 6 nitrogen and oxygen atoms in total. The number of halogens is 3. The first kappa shape index (κ1) is 20.5. The molecule has 0 aliphatic rings. The monoisotopic (exact) mass is 403 g/mol. The number of rotatable bonds is 6. The Hall–Kier alpha value is -3.20. The minimum absolute atomic E-state index is 0.132. The van der Waals surface area contributed by atoms with Crippen LogP contribution in [0.3, 0.4) is 0 Å². The molecule has 1 atom stereocenters. The lowest BCUT2D eigenvalue weighted by Crippen LogP contribution is -2.21. The second-order valence-electron chi connectivity index (χ2n) is 6.56. The summed E-state index contributed by atoms with van der Waals surface area (Å²) >= 11 is 0. The van der Waals surface area contributed by atoms with Gasteiger partial charge in [-0.3, -0.25) is 4.98 Å². The van der Waals surface area contributed by atoms with Crippen LogP contribution in [0.25, 0.3) is 11.4 Å². The van der Waals surface area contributed by atoms with Crippen LogP contribution in [0, 0.1) is 6.92 Å². The SMILES string of the molecule is Cc1ccc(C(F)(F)F)cc1Nc1cc(-c2ccccn2)nc(N[C@H](C)CO)n1. The molecular weight excluding hydrogens is 383 g/mol. The summed E-state index contributed by atoms with van der Waals surface area (Å²) in [5, 5.41) is 15.2. The Balaban J connectivity index is 2.01. The Labute approximate surface area is 165 Å². The van der Waals surface area contributed by atoms with Crippen LogP contribution in [-0.2, 0) is 6.18 Å². The van der Waals surface area contributed by atoms with Gasteiger partial charge in [-0.25, -0.2) is 4.98 Å². The fourth-order valence-corrected chi connectivity index (χ4v) is 2.56. The van der Waals surface area contributed by atoms with Crippen LogP contribution in [0.15, 0.2) is 48.7 Å². The summed E-state index contributed by atoms with van der Waals surface area (Å²) in [4.78, 5) is 13.0. The molecule has 2 heterocycles. The van der Waals surface area contributed by atoms with Gasteiger partial charge in [-0.05, 0) is 43.7 Å². The number of nitrogens with one attached hydrogen (secondary N) is 2. The maximum atomic E-state index is 13.1. The fourth-order valence-electron chi connectivity index (χ4n) is 2.56. The van der Waals surface area contributed by atoms with Gasteiger partial charge in [0.15, 0.2) is 0 Å². The number of benzene rings is 1. The fraction of sp³-hybridized carbons (Fsp3) is 0.250. The van der Waals surface area contributed by atoms with E-state index < -0.39 is 11.7 Å². The van der Waals surface area contributed by atoms with E-state index in [-0.39, 0.29) is 24.3 Å². The zero-order valence-corrected chi connectivity index (χ0v) is 15.8. The van der Waals surface area contributed by atoms with Crippen molar-refractivity contribution < 1.29 is 18.3 Å². The molecule has 0 amide bonds. The molecule has 1 aromatic carbocycles. The molecule has 0 saturated heterocycles. The van der Waals surface area contributed by atoms with Crippen molar-refractivity contribution in [3.8, 4) is 11.4 Å². The molecule has 0 fully saturated rings. The first-order valence-corrected chi connectivity index (χ1v) is 8.89. The second-order valence-corrected chi connectivity index (χ2v) is 6.56. The topological polar surface area (TPSA) is 83.0 Å². The molecule has 0 bridgehead atoms. The van der Waals surface area contributed by atoms with Gasteiger partial charge in [0.25, 0.3) is 0 Å². The molecule has 0 spiro atoms. The van der Waals surface area contributed by atoms with Crippen molar-refractivity contribution in [2.24, 2.45) is 0 Å². The van der Waals surface area contributed by atoms with E-state index in [0.717, 1.165) is 12.1 Å². The predicted octanol–water partition coefficient (Wildman–Crippen LogP) is 4.40. The van der Waals surface area contributed by atoms with Crippen LogP contribution < -0.4 is 10.6 Å². The number of aryl methyl sites for hydroxylation is 1. The van der Waals surface area contributed by atoms with Crippen LogP contribution in [-0.4, -0.2) is 32.7 Å². The van der Waals surface area contributed by atoms with Crippen LogP contribution in [0.5, 0.6) is 0 Å². The number of nitrogens with zero attached hydrogens (tertiary/aromatic N) is 3. The number of hydrogen-bond donors (Lipinski definition) is 3. The smallest absolute Gasteiger partial charge is 0.394 e. The highest BCUT2D eigenvalue weighted by Crippen LogP contribution is 2.33. The molecular formula is C20H20F3N5O. The first-order valence-electron chi connectivity index (χ1n) is 8.89. The highest BCUT2D eigenvalue weighted by Gasteiger charge is 2.30. The van der Waals surface area contributed by atoms with Gasteiger partial charge in [-0.15, -0.1) is 0 Å². The molecule has 29 heavy (non-hydrogen) atoms. The van der Waals surface area contributed by atoms with Gasteiger partial charge in [0.2, 0.25) is 5.95 Å². The Morgan fingerprint density at radius 2 is 1.86 bits per heavy atom. The normalized spacial score (nSPS) is 12.5. The van der Waals surface area contributed by atoms with E-state index in [9.17, 15) is 18.3 Å². The van der Waals surface area contributed by atoms with Gasteiger partial charge in [0, 0.05) is 24.0 Å². The van der Waals surface area contributed by atoms with Crippen LogP contribution in [0.2, 0.25) is 0 Å². The van der Waals surface area contributed by atoms with E-state index in [0.29, 0.717) is 22.8 Å². The number of aliphatic hydroxyl groups excluding tert-OH is 1. The lowest BCUT2D eigenvalue weighted by atomic mass is 10.1. The third-order valence-electron chi connectivity index (χ3n) is 4.13. The standard InChI is InChI=1S/C20H20F3N5O/c1-12-6-7-14(20(21,22)23)9-16(12)26-18-10-17(15-5-3-4-8-24-15)27-19(28-18)25-13(2)11-29/h3-10,13,29H,11H2,1-2H3,(H2,25,26,27,28)/t13-/m1/s1. The average molecular weight is 403 g/mol. The van der Waals surface area contributed by atoms with Crippen molar-refractivity contribution >= 4 is 17.5 Å². The molecule has 0 aliphatic carbocycles. The Bertz CT molecular complexity index is 980. The largest absolute Gasteiger partial charge is 0.416 e. The lowest BCUT2D eigenvalue weighted by Gasteiger charge is -2.16. The van der Waals surface area contributed by atoms with Gasteiger partial charge < -0.3 is 15.7 Å². The third-order valence-corrected chi connectivity index (χ3v) is 4.13.